The first-order valence-electron chi connectivity index (χ1n) is 5.95. The van der Waals surface area contributed by atoms with Crippen molar-refractivity contribution in [2.45, 2.75) is 26.3 Å². The molecule has 3 heteroatoms. The fourth-order valence-corrected chi connectivity index (χ4v) is 3.53. The molecule has 2 heterocycles. The molecular weight excluding hydrogens is 228 g/mol. The number of hydrazone groups is 1. The number of hydrogen-bond donors (Lipinski definition) is 0. The van der Waals surface area contributed by atoms with E-state index in [9.17, 15) is 0 Å². The van der Waals surface area contributed by atoms with Gasteiger partial charge in [-0.15, -0.1) is 11.3 Å². The van der Waals surface area contributed by atoms with Gasteiger partial charge in [-0.3, -0.25) is 5.01 Å². The van der Waals surface area contributed by atoms with Crippen molar-refractivity contribution in [2.24, 2.45) is 5.10 Å². The minimum absolute atomic E-state index is 0.523. The number of thiophene rings is 1. The minimum Gasteiger partial charge on any atom is -0.297 e. The van der Waals surface area contributed by atoms with Crippen molar-refractivity contribution in [3.63, 3.8) is 0 Å². The van der Waals surface area contributed by atoms with E-state index >= 15 is 0 Å². The molecule has 1 unspecified atom stereocenters. The Hall–Kier alpha value is -1.35. The summed E-state index contributed by atoms with van der Waals surface area (Å²) in [4.78, 5) is 1.36. The van der Waals surface area contributed by atoms with Crippen LogP contribution in [0.4, 0.5) is 0 Å². The van der Waals surface area contributed by atoms with Crippen molar-refractivity contribution in [1.82, 2.24) is 5.01 Å². The highest BCUT2D eigenvalue weighted by Gasteiger charge is 2.23. The third kappa shape index (κ3) is 1.65. The molecule has 2 aromatic rings. The van der Waals surface area contributed by atoms with E-state index in [4.69, 9.17) is 0 Å². The topological polar surface area (TPSA) is 15.6 Å². The molecule has 17 heavy (non-hydrogen) atoms. The Balaban J connectivity index is 2.13. The lowest BCUT2D eigenvalue weighted by atomic mass is 10.1. The van der Waals surface area contributed by atoms with Crippen LogP contribution >= 0.6 is 11.3 Å². The molecule has 1 atom stereocenters. The largest absolute Gasteiger partial charge is 0.297 e. The van der Waals surface area contributed by atoms with Crippen molar-refractivity contribution >= 4 is 27.1 Å². The second-order valence-corrected chi connectivity index (χ2v) is 5.78. The summed E-state index contributed by atoms with van der Waals surface area (Å²) in [6.45, 7) is 4.43. The predicted octanol–water partition coefficient (Wildman–Crippen LogP) is 3.64. The molecule has 0 aliphatic carbocycles. The Kier molecular flexibility index (Phi) is 2.44. The second-order valence-electron chi connectivity index (χ2n) is 4.73. The number of fused-ring (bicyclic) bond motifs is 1. The summed E-state index contributed by atoms with van der Waals surface area (Å²) >= 11 is 1.87. The zero-order valence-corrected chi connectivity index (χ0v) is 11.2. The zero-order valence-electron chi connectivity index (χ0n) is 10.4. The Bertz CT molecular complexity index is 597. The summed E-state index contributed by atoms with van der Waals surface area (Å²) in [6, 6.07) is 9.13. The predicted molar refractivity (Wildman–Crippen MR) is 74.9 cm³/mol. The number of aryl methyl sites for hydroxylation is 1. The van der Waals surface area contributed by atoms with Crippen molar-refractivity contribution in [1.29, 1.82) is 0 Å². The van der Waals surface area contributed by atoms with Crippen molar-refractivity contribution < 1.29 is 0 Å². The van der Waals surface area contributed by atoms with Gasteiger partial charge in [0.25, 0.3) is 0 Å². The molecule has 1 aromatic carbocycles. The first kappa shape index (κ1) is 10.8. The van der Waals surface area contributed by atoms with E-state index in [0.29, 0.717) is 6.04 Å². The van der Waals surface area contributed by atoms with Crippen LogP contribution < -0.4 is 0 Å². The second kappa shape index (κ2) is 3.84. The monoisotopic (exact) mass is 244 g/mol. The lowest BCUT2D eigenvalue weighted by Crippen LogP contribution is -2.17. The molecule has 0 amide bonds. The molecule has 0 spiro atoms. The van der Waals surface area contributed by atoms with Crippen LogP contribution in [0.2, 0.25) is 0 Å². The first-order valence-corrected chi connectivity index (χ1v) is 6.77. The van der Waals surface area contributed by atoms with E-state index in [0.717, 1.165) is 6.42 Å². The van der Waals surface area contributed by atoms with Gasteiger partial charge in [0.1, 0.15) is 0 Å². The van der Waals surface area contributed by atoms with E-state index in [2.05, 4.69) is 55.3 Å². The van der Waals surface area contributed by atoms with Crippen LogP contribution in [0.3, 0.4) is 0 Å². The summed E-state index contributed by atoms with van der Waals surface area (Å²) in [6.07, 6.45) is 1.06. The van der Waals surface area contributed by atoms with Gasteiger partial charge in [0.2, 0.25) is 0 Å². The molecule has 2 nitrogen and oxygen atoms in total. The van der Waals surface area contributed by atoms with Gasteiger partial charge >= 0.3 is 0 Å². The lowest BCUT2D eigenvalue weighted by molar-refractivity contribution is 0.303. The summed E-state index contributed by atoms with van der Waals surface area (Å²) in [5, 5.41) is 8.10. The van der Waals surface area contributed by atoms with Crippen LogP contribution in [0.1, 0.15) is 23.8 Å². The number of hydrogen-bond acceptors (Lipinski definition) is 3. The molecule has 0 radical (unpaired) electrons. The average molecular weight is 244 g/mol. The van der Waals surface area contributed by atoms with E-state index in [1.807, 2.05) is 11.3 Å². The third-order valence-electron chi connectivity index (χ3n) is 3.51. The summed E-state index contributed by atoms with van der Waals surface area (Å²) in [7, 11) is 2.06. The molecule has 1 aliphatic rings. The van der Waals surface area contributed by atoms with Gasteiger partial charge in [0, 0.05) is 24.2 Å². The van der Waals surface area contributed by atoms with Crippen molar-refractivity contribution in [3.8, 4) is 0 Å². The highest BCUT2D eigenvalue weighted by molar-refractivity contribution is 7.21. The third-order valence-corrected chi connectivity index (χ3v) is 4.83. The van der Waals surface area contributed by atoms with Crippen molar-refractivity contribution in [3.05, 3.63) is 34.7 Å². The molecule has 88 valence electrons. The van der Waals surface area contributed by atoms with Crippen LogP contribution in [0.5, 0.6) is 0 Å². The maximum Gasteiger partial charge on any atom is 0.0801 e. The number of nitrogens with zero attached hydrogens (tertiary/aromatic N) is 2. The highest BCUT2D eigenvalue weighted by Crippen LogP contribution is 2.33. The van der Waals surface area contributed by atoms with Gasteiger partial charge in [0.05, 0.1) is 10.6 Å². The quantitative estimate of drug-likeness (QED) is 0.748. The summed E-state index contributed by atoms with van der Waals surface area (Å²) < 4.78 is 1.37. The smallest absolute Gasteiger partial charge is 0.0801 e. The van der Waals surface area contributed by atoms with E-state index in [1.165, 1.54) is 26.2 Å². The van der Waals surface area contributed by atoms with Gasteiger partial charge in [0.15, 0.2) is 0 Å². The van der Waals surface area contributed by atoms with Crippen LogP contribution in [0.15, 0.2) is 29.4 Å². The normalized spacial score (nSPS) is 20.1. The number of rotatable bonds is 1. The molecule has 0 N–H and O–H groups in total. The Morgan fingerprint density at radius 3 is 2.76 bits per heavy atom. The fourth-order valence-electron chi connectivity index (χ4n) is 2.33. The molecular formula is C14H16N2S. The van der Waals surface area contributed by atoms with Crippen LogP contribution in [0, 0.1) is 6.92 Å². The van der Waals surface area contributed by atoms with Gasteiger partial charge in [-0.1, -0.05) is 18.2 Å². The fraction of sp³-hybridized carbons (Fsp3) is 0.357. The molecule has 1 aliphatic heterocycles. The van der Waals surface area contributed by atoms with Gasteiger partial charge < -0.3 is 0 Å². The van der Waals surface area contributed by atoms with E-state index in [-0.39, 0.29) is 0 Å². The average Bonchev–Trinajstić information content (AvgIpc) is 2.82. The molecule has 0 saturated heterocycles. The lowest BCUT2D eigenvalue weighted by Gasteiger charge is -2.11. The molecule has 0 saturated carbocycles. The maximum atomic E-state index is 4.66. The standard InChI is InChI=1S/C14H16N2S/c1-9-8-12(15-16(9)3)14-10(2)11-6-4-5-7-13(11)17-14/h4-7,9H,8H2,1-3H3. The SMILES string of the molecule is Cc1c(C2=NN(C)C(C)C2)sc2ccccc12. The highest BCUT2D eigenvalue weighted by atomic mass is 32.1. The van der Waals surface area contributed by atoms with Gasteiger partial charge in [-0.05, 0) is 30.9 Å². The zero-order chi connectivity index (χ0) is 12.0. The molecule has 0 bridgehead atoms. The van der Waals surface area contributed by atoms with Crippen LogP contribution in [-0.4, -0.2) is 23.8 Å². The van der Waals surface area contributed by atoms with Gasteiger partial charge in [-0.2, -0.15) is 5.10 Å². The van der Waals surface area contributed by atoms with Crippen LogP contribution in [-0.2, 0) is 0 Å². The van der Waals surface area contributed by atoms with Crippen LogP contribution in [0.25, 0.3) is 10.1 Å². The molecule has 0 fully saturated rings. The number of benzene rings is 1. The molecule has 1 aromatic heterocycles. The minimum atomic E-state index is 0.523. The maximum absolute atomic E-state index is 4.66. The van der Waals surface area contributed by atoms with E-state index < -0.39 is 0 Å². The van der Waals surface area contributed by atoms with Gasteiger partial charge in [-0.25, -0.2) is 0 Å². The Morgan fingerprint density at radius 2 is 2.12 bits per heavy atom. The van der Waals surface area contributed by atoms with E-state index in [1.54, 1.807) is 0 Å². The molecule has 3 rings (SSSR count). The Morgan fingerprint density at radius 1 is 1.35 bits per heavy atom. The summed E-state index contributed by atoms with van der Waals surface area (Å²) in [5.74, 6) is 0. The summed E-state index contributed by atoms with van der Waals surface area (Å²) in [5.41, 5.74) is 2.63. The Labute approximate surface area is 106 Å². The van der Waals surface area contributed by atoms with Crippen molar-refractivity contribution in [2.75, 3.05) is 7.05 Å². The first-order chi connectivity index (χ1) is 8.16.